The highest BCUT2D eigenvalue weighted by molar-refractivity contribution is 5.05. The quantitative estimate of drug-likeness (QED) is 0.741. The van der Waals surface area contributed by atoms with E-state index in [1.807, 2.05) is 17.8 Å². The summed E-state index contributed by atoms with van der Waals surface area (Å²) in [5, 5.41) is 13.4. The summed E-state index contributed by atoms with van der Waals surface area (Å²) in [4.78, 5) is 0. The van der Waals surface area contributed by atoms with E-state index in [9.17, 15) is 0 Å². The van der Waals surface area contributed by atoms with Gasteiger partial charge in [0.25, 0.3) is 0 Å². The zero-order valence-corrected chi connectivity index (χ0v) is 9.24. The van der Waals surface area contributed by atoms with Crippen LogP contribution in [0.5, 0.6) is 0 Å². The molecule has 1 aliphatic rings. The summed E-state index contributed by atoms with van der Waals surface area (Å²) in [7, 11) is 0. The highest BCUT2D eigenvalue weighted by Gasteiger charge is 2.34. The van der Waals surface area contributed by atoms with Crippen molar-refractivity contribution < 1.29 is 0 Å². The van der Waals surface area contributed by atoms with E-state index < -0.39 is 0 Å². The number of aromatic nitrogens is 2. The van der Waals surface area contributed by atoms with Crippen molar-refractivity contribution in [2.24, 2.45) is 0 Å². The fraction of sp³-hybridized carbons (Fsp3) is 0.667. The number of nitriles is 1. The third-order valence-corrected chi connectivity index (χ3v) is 3.39. The molecule has 15 heavy (non-hydrogen) atoms. The molecule has 2 rings (SSSR count). The van der Waals surface area contributed by atoms with Crippen molar-refractivity contribution in [1.29, 1.82) is 5.26 Å². The first-order valence-corrected chi connectivity index (χ1v) is 5.66. The molecule has 0 N–H and O–H groups in total. The molecule has 0 aliphatic heterocycles. The molecule has 0 atom stereocenters. The average molecular weight is 203 g/mol. The molecule has 0 unspecified atom stereocenters. The van der Waals surface area contributed by atoms with Crippen molar-refractivity contribution >= 4 is 0 Å². The predicted molar refractivity (Wildman–Crippen MR) is 58.3 cm³/mol. The van der Waals surface area contributed by atoms with E-state index in [2.05, 4.69) is 17.4 Å². The molecule has 1 aromatic rings. The average Bonchev–Trinajstić information content (AvgIpc) is 2.67. The van der Waals surface area contributed by atoms with Gasteiger partial charge in [0.05, 0.1) is 24.2 Å². The minimum absolute atomic E-state index is 0.0126. The third kappa shape index (κ3) is 1.90. The second-order valence-corrected chi connectivity index (χ2v) is 4.58. The molecule has 1 fully saturated rings. The van der Waals surface area contributed by atoms with Crippen LogP contribution in [0, 0.1) is 18.3 Å². The van der Waals surface area contributed by atoms with Crippen LogP contribution in [0.2, 0.25) is 0 Å². The summed E-state index contributed by atoms with van der Waals surface area (Å²) in [5.41, 5.74) is 1.17. The van der Waals surface area contributed by atoms with Gasteiger partial charge < -0.3 is 0 Å². The molecule has 1 saturated carbocycles. The van der Waals surface area contributed by atoms with Crippen LogP contribution in [-0.4, -0.2) is 9.78 Å². The number of nitrogens with zero attached hydrogens (tertiary/aromatic N) is 3. The van der Waals surface area contributed by atoms with E-state index in [1.165, 1.54) is 24.8 Å². The zero-order chi connectivity index (χ0) is 10.7. The van der Waals surface area contributed by atoms with Gasteiger partial charge in [0.1, 0.15) is 0 Å². The highest BCUT2D eigenvalue weighted by Crippen LogP contribution is 2.37. The van der Waals surface area contributed by atoms with Gasteiger partial charge in [0.2, 0.25) is 0 Å². The molecule has 0 bridgehead atoms. The molecular weight excluding hydrogens is 186 g/mol. The van der Waals surface area contributed by atoms with Crippen LogP contribution in [0.25, 0.3) is 0 Å². The Kier molecular flexibility index (Phi) is 2.77. The summed E-state index contributed by atoms with van der Waals surface area (Å²) in [6, 6.07) is 2.33. The lowest BCUT2D eigenvalue weighted by molar-refractivity contribution is 0.178. The highest BCUT2D eigenvalue weighted by atomic mass is 15.3. The second-order valence-electron chi connectivity index (χ2n) is 4.58. The Labute approximate surface area is 90.7 Å². The Bertz CT molecular complexity index is 366. The van der Waals surface area contributed by atoms with Crippen LogP contribution in [0.15, 0.2) is 12.4 Å². The lowest BCUT2D eigenvalue weighted by Gasteiger charge is -2.35. The summed E-state index contributed by atoms with van der Waals surface area (Å²) in [6.07, 6.45) is 10.5. The van der Waals surface area contributed by atoms with Crippen molar-refractivity contribution in [2.45, 2.75) is 51.0 Å². The lowest BCUT2D eigenvalue weighted by Crippen LogP contribution is -2.36. The van der Waals surface area contributed by atoms with Crippen molar-refractivity contribution in [3.63, 3.8) is 0 Å². The van der Waals surface area contributed by atoms with Crippen LogP contribution in [0.1, 0.15) is 44.1 Å². The van der Waals surface area contributed by atoms with E-state index >= 15 is 0 Å². The molecule has 0 spiro atoms. The smallest absolute Gasteiger partial charge is 0.0757 e. The largest absolute Gasteiger partial charge is 0.265 e. The van der Waals surface area contributed by atoms with Gasteiger partial charge in [-0.1, -0.05) is 19.3 Å². The van der Waals surface area contributed by atoms with E-state index in [4.69, 9.17) is 5.26 Å². The number of rotatable bonds is 2. The molecule has 80 valence electrons. The van der Waals surface area contributed by atoms with Crippen molar-refractivity contribution in [3.05, 3.63) is 18.0 Å². The van der Waals surface area contributed by atoms with Gasteiger partial charge in [-0.3, -0.25) is 4.68 Å². The van der Waals surface area contributed by atoms with Gasteiger partial charge in [-0.25, -0.2) is 0 Å². The number of hydrogen-bond donors (Lipinski definition) is 0. The minimum atomic E-state index is -0.0126. The molecule has 1 aromatic heterocycles. The Morgan fingerprint density at radius 3 is 2.73 bits per heavy atom. The predicted octanol–water partition coefficient (Wildman–Crippen LogP) is 2.76. The summed E-state index contributed by atoms with van der Waals surface area (Å²) in [5.74, 6) is 0. The van der Waals surface area contributed by atoms with Gasteiger partial charge >= 0.3 is 0 Å². The summed E-state index contributed by atoms with van der Waals surface area (Å²) < 4.78 is 2.03. The fourth-order valence-corrected chi connectivity index (χ4v) is 2.52. The molecule has 3 nitrogen and oxygen atoms in total. The first-order valence-electron chi connectivity index (χ1n) is 5.66. The molecule has 3 heteroatoms. The maximum Gasteiger partial charge on any atom is 0.0757 e. The normalized spacial score (nSPS) is 19.7. The minimum Gasteiger partial charge on any atom is -0.265 e. The maximum atomic E-state index is 8.96. The van der Waals surface area contributed by atoms with Crippen molar-refractivity contribution in [2.75, 3.05) is 0 Å². The lowest BCUT2D eigenvalue weighted by atomic mass is 9.80. The second kappa shape index (κ2) is 4.06. The third-order valence-electron chi connectivity index (χ3n) is 3.39. The molecule has 0 aromatic carbocycles. The van der Waals surface area contributed by atoms with E-state index in [0.29, 0.717) is 6.42 Å². The van der Waals surface area contributed by atoms with Gasteiger partial charge in [0, 0.05) is 6.20 Å². The number of hydrogen-bond acceptors (Lipinski definition) is 2. The van der Waals surface area contributed by atoms with Crippen molar-refractivity contribution in [1.82, 2.24) is 9.78 Å². The maximum absolute atomic E-state index is 8.96. The monoisotopic (exact) mass is 203 g/mol. The first kappa shape index (κ1) is 10.2. The van der Waals surface area contributed by atoms with E-state index in [1.54, 1.807) is 0 Å². The van der Waals surface area contributed by atoms with Gasteiger partial charge in [-0.05, 0) is 25.3 Å². The Balaban J connectivity index is 2.29. The molecule has 0 amide bonds. The Morgan fingerprint density at radius 1 is 1.47 bits per heavy atom. The molecule has 0 radical (unpaired) electrons. The topological polar surface area (TPSA) is 41.6 Å². The first-order chi connectivity index (χ1) is 7.27. The SMILES string of the molecule is Cc1cnn(C2(CC#N)CCCCC2)c1. The molecular formula is C12H17N3. The number of aryl methyl sites for hydroxylation is 1. The Morgan fingerprint density at radius 2 is 2.20 bits per heavy atom. The van der Waals surface area contributed by atoms with Crippen LogP contribution in [0.4, 0.5) is 0 Å². The van der Waals surface area contributed by atoms with Crippen LogP contribution in [-0.2, 0) is 5.54 Å². The van der Waals surface area contributed by atoms with E-state index in [-0.39, 0.29) is 5.54 Å². The fourth-order valence-electron chi connectivity index (χ4n) is 2.52. The molecule has 1 heterocycles. The molecule has 0 saturated heterocycles. The molecule has 1 aliphatic carbocycles. The standard InChI is InChI=1S/C12H17N3/c1-11-9-14-15(10-11)12(7-8-13)5-3-2-4-6-12/h9-10H,2-7H2,1H3. The van der Waals surface area contributed by atoms with E-state index in [0.717, 1.165) is 12.8 Å². The van der Waals surface area contributed by atoms with Gasteiger partial charge in [-0.2, -0.15) is 10.4 Å². The van der Waals surface area contributed by atoms with Gasteiger partial charge in [0.15, 0.2) is 0 Å². The summed E-state index contributed by atoms with van der Waals surface area (Å²) >= 11 is 0. The summed E-state index contributed by atoms with van der Waals surface area (Å²) in [6.45, 7) is 2.05. The van der Waals surface area contributed by atoms with Crippen molar-refractivity contribution in [3.8, 4) is 6.07 Å². The van der Waals surface area contributed by atoms with Gasteiger partial charge in [-0.15, -0.1) is 0 Å². The van der Waals surface area contributed by atoms with Crippen LogP contribution in [0.3, 0.4) is 0 Å². The van der Waals surface area contributed by atoms with Crippen LogP contribution >= 0.6 is 0 Å². The Hall–Kier alpha value is -1.30. The zero-order valence-electron chi connectivity index (χ0n) is 9.24. The van der Waals surface area contributed by atoms with Crippen LogP contribution < -0.4 is 0 Å².